The molecule has 0 N–H and O–H groups in total. The van der Waals surface area contributed by atoms with Gasteiger partial charge in [-0.2, -0.15) is 0 Å². The molecule has 0 atom stereocenters. The molecule has 0 saturated carbocycles. The van der Waals surface area contributed by atoms with E-state index in [1.54, 1.807) is 12.1 Å². The summed E-state index contributed by atoms with van der Waals surface area (Å²) in [6.07, 6.45) is 0. The molecule has 0 bridgehead atoms. The van der Waals surface area contributed by atoms with Crippen LogP contribution in [0.25, 0.3) is 0 Å². The predicted molar refractivity (Wildman–Crippen MR) is 64.6 cm³/mol. The summed E-state index contributed by atoms with van der Waals surface area (Å²) in [5, 5.41) is 10.6. The van der Waals surface area contributed by atoms with Gasteiger partial charge in [-0.25, -0.2) is 0 Å². The molecule has 0 heterocycles. The molecular weight excluding hydrogens is 318 g/mol. The zero-order chi connectivity index (χ0) is 11.4. The van der Waals surface area contributed by atoms with Gasteiger partial charge in [-0.15, -0.1) is 0 Å². The van der Waals surface area contributed by atoms with Crippen LogP contribution in [0, 0.1) is 10.1 Å². The van der Waals surface area contributed by atoms with E-state index in [0.29, 0.717) is 0 Å². The van der Waals surface area contributed by atoms with Crippen molar-refractivity contribution in [3.63, 3.8) is 0 Å². The molecule has 80 valence electrons. The Kier molecular flexibility index (Phi) is 3.55. The molecule has 0 saturated heterocycles. The second kappa shape index (κ2) is 5.11. The molecule has 0 aliphatic rings. The van der Waals surface area contributed by atoms with Crippen molar-refractivity contribution in [2.24, 2.45) is 0 Å². The van der Waals surface area contributed by atoms with Crippen LogP contribution in [0.3, 0.4) is 0 Å². The van der Waals surface area contributed by atoms with Crippen molar-refractivity contribution in [2.75, 3.05) is 0 Å². The summed E-state index contributed by atoms with van der Waals surface area (Å²) in [4.78, 5) is 10.3. The normalized spacial score (nSPS) is 10.0. The van der Waals surface area contributed by atoms with Crippen molar-refractivity contribution < 1.29 is 4.92 Å². The molecule has 0 aliphatic heterocycles. The molecule has 2 aromatic rings. The van der Waals surface area contributed by atoms with Gasteiger partial charge in [-0.05, 0) is 0 Å². The van der Waals surface area contributed by atoms with E-state index in [2.05, 4.69) is 12.1 Å². The van der Waals surface area contributed by atoms with Gasteiger partial charge in [0.1, 0.15) is 0 Å². The summed E-state index contributed by atoms with van der Waals surface area (Å²) in [5.41, 5.74) is 0.179. The number of non-ortho nitro benzene ring substituents is 1. The second-order valence-corrected chi connectivity index (χ2v) is 6.44. The van der Waals surface area contributed by atoms with Gasteiger partial charge in [0.25, 0.3) is 0 Å². The van der Waals surface area contributed by atoms with E-state index >= 15 is 0 Å². The molecule has 0 amide bonds. The Bertz CT molecular complexity index is 499. The van der Waals surface area contributed by atoms with Crippen molar-refractivity contribution in [3.05, 3.63) is 64.7 Å². The standard InChI is InChI=1S/C12H9NO2Te/c14-13(15)10-5-4-8-12(9-10)16-11-6-2-1-3-7-11/h1-9H. The first-order chi connectivity index (χ1) is 7.75. The molecule has 16 heavy (non-hydrogen) atoms. The molecule has 3 nitrogen and oxygen atoms in total. The third-order valence-corrected chi connectivity index (χ3v) is 4.85. The molecule has 0 radical (unpaired) electrons. The van der Waals surface area contributed by atoms with Crippen LogP contribution in [-0.4, -0.2) is 25.8 Å². The Labute approximate surface area is 103 Å². The number of benzene rings is 2. The van der Waals surface area contributed by atoms with E-state index in [0.717, 1.165) is 3.61 Å². The van der Waals surface area contributed by atoms with Crippen molar-refractivity contribution in [1.29, 1.82) is 0 Å². The van der Waals surface area contributed by atoms with Crippen molar-refractivity contribution in [2.45, 2.75) is 0 Å². The van der Waals surface area contributed by atoms with E-state index < -0.39 is 20.9 Å². The number of nitro benzene ring substituents is 1. The number of nitrogens with zero attached hydrogens (tertiary/aromatic N) is 1. The van der Waals surface area contributed by atoms with Crippen LogP contribution in [0.5, 0.6) is 0 Å². The van der Waals surface area contributed by atoms with Crippen LogP contribution < -0.4 is 7.22 Å². The van der Waals surface area contributed by atoms with Gasteiger partial charge in [-0.3, -0.25) is 0 Å². The molecule has 0 fully saturated rings. The summed E-state index contributed by atoms with van der Waals surface area (Å²) in [6.45, 7) is 0. The topological polar surface area (TPSA) is 43.1 Å². The number of hydrogen-bond acceptors (Lipinski definition) is 2. The fourth-order valence-corrected chi connectivity index (χ4v) is 3.83. The van der Waals surface area contributed by atoms with Crippen molar-refractivity contribution >= 4 is 33.8 Å². The van der Waals surface area contributed by atoms with Gasteiger partial charge < -0.3 is 0 Å². The maximum atomic E-state index is 10.6. The molecule has 0 unspecified atom stereocenters. The molecule has 0 aromatic heterocycles. The minimum atomic E-state index is -0.508. The Morgan fingerprint density at radius 1 is 0.938 bits per heavy atom. The summed E-state index contributed by atoms with van der Waals surface area (Å²) < 4.78 is 2.37. The second-order valence-electron chi connectivity index (χ2n) is 3.17. The SMILES string of the molecule is O=[N+]([O-])c1cccc([Te]c2ccccc2)c1. The number of rotatable bonds is 3. The first-order valence-electron chi connectivity index (χ1n) is 4.73. The Morgan fingerprint density at radius 3 is 2.31 bits per heavy atom. The minimum absolute atomic E-state index is 0.179. The average Bonchev–Trinajstić information content (AvgIpc) is 2.30. The molecule has 2 rings (SSSR count). The maximum absolute atomic E-state index is 10.6. The Morgan fingerprint density at radius 2 is 1.62 bits per heavy atom. The first kappa shape index (κ1) is 11.1. The van der Waals surface area contributed by atoms with Crippen LogP contribution in [0.1, 0.15) is 0 Å². The van der Waals surface area contributed by atoms with Crippen LogP contribution in [0.4, 0.5) is 5.69 Å². The van der Waals surface area contributed by atoms with Gasteiger partial charge in [0.2, 0.25) is 0 Å². The first-order valence-corrected chi connectivity index (χ1v) is 7.06. The van der Waals surface area contributed by atoms with Gasteiger partial charge in [0.05, 0.1) is 0 Å². The third kappa shape index (κ3) is 2.82. The van der Waals surface area contributed by atoms with E-state index in [1.165, 1.54) is 9.68 Å². The van der Waals surface area contributed by atoms with Gasteiger partial charge in [-0.1, -0.05) is 0 Å². The summed E-state index contributed by atoms with van der Waals surface area (Å²) in [6, 6.07) is 17.0. The van der Waals surface area contributed by atoms with E-state index in [1.807, 2.05) is 24.3 Å². The van der Waals surface area contributed by atoms with Gasteiger partial charge >= 0.3 is 103 Å². The number of hydrogen-bond donors (Lipinski definition) is 0. The van der Waals surface area contributed by atoms with E-state index in [-0.39, 0.29) is 10.6 Å². The Hall–Kier alpha value is -1.37. The number of nitro groups is 1. The monoisotopic (exact) mass is 329 g/mol. The summed E-state index contributed by atoms with van der Waals surface area (Å²) in [5.74, 6) is 0. The average molecular weight is 327 g/mol. The predicted octanol–water partition coefficient (Wildman–Crippen LogP) is 1.25. The van der Waals surface area contributed by atoms with Crippen molar-refractivity contribution in [1.82, 2.24) is 0 Å². The fraction of sp³-hybridized carbons (Fsp3) is 0. The van der Waals surface area contributed by atoms with Crippen molar-refractivity contribution in [3.8, 4) is 0 Å². The molecule has 0 aliphatic carbocycles. The third-order valence-electron chi connectivity index (χ3n) is 2.01. The molecule has 2 aromatic carbocycles. The zero-order valence-corrected chi connectivity index (χ0v) is 10.7. The van der Waals surface area contributed by atoms with E-state index in [9.17, 15) is 10.1 Å². The van der Waals surface area contributed by atoms with Crippen LogP contribution in [0.15, 0.2) is 54.6 Å². The Balaban J connectivity index is 2.22. The fourth-order valence-electron chi connectivity index (χ4n) is 1.29. The molecular formula is C12H9NO2Te. The van der Waals surface area contributed by atoms with Gasteiger partial charge in [0.15, 0.2) is 0 Å². The molecule has 0 spiro atoms. The summed E-state index contributed by atoms with van der Waals surface area (Å²) in [7, 11) is 0. The van der Waals surface area contributed by atoms with Gasteiger partial charge in [0, 0.05) is 0 Å². The van der Waals surface area contributed by atoms with E-state index in [4.69, 9.17) is 0 Å². The summed E-state index contributed by atoms with van der Waals surface area (Å²) >= 11 is -0.508. The van der Waals surface area contributed by atoms with Crippen LogP contribution in [0.2, 0.25) is 0 Å². The van der Waals surface area contributed by atoms with Crippen LogP contribution >= 0.6 is 0 Å². The van der Waals surface area contributed by atoms with Crippen LogP contribution in [-0.2, 0) is 0 Å². The molecule has 4 heteroatoms. The zero-order valence-electron chi connectivity index (χ0n) is 8.37. The quantitative estimate of drug-likeness (QED) is 0.484.